The molecule has 0 saturated carbocycles. The van der Waals surface area contributed by atoms with Gasteiger partial charge in [-0.05, 0) is 18.2 Å². The highest BCUT2D eigenvalue weighted by molar-refractivity contribution is 6.16. The fourth-order valence-electron chi connectivity index (χ4n) is 2.35. The number of amides is 1. The Labute approximate surface area is 134 Å². The lowest BCUT2D eigenvalue weighted by molar-refractivity contribution is -0.105. The molecule has 0 aliphatic rings. The summed E-state index contributed by atoms with van der Waals surface area (Å²) in [5, 5.41) is 2.45. The lowest BCUT2D eigenvalue weighted by Crippen LogP contribution is -2.10. The van der Waals surface area contributed by atoms with Gasteiger partial charge in [0.25, 0.3) is 0 Å². The molecule has 2 heterocycles. The average molecular weight is 331 g/mol. The molecule has 0 aliphatic heterocycles. The zero-order valence-corrected chi connectivity index (χ0v) is 12.4. The predicted octanol–water partition coefficient (Wildman–Crippen LogP) is 2.65. The molecule has 0 saturated heterocycles. The number of fused-ring (bicyclic) bond motifs is 1. The van der Waals surface area contributed by atoms with Crippen LogP contribution in [0.5, 0.6) is 5.75 Å². The monoisotopic (exact) mass is 331 g/mol. The maximum absolute atomic E-state index is 14.4. The van der Waals surface area contributed by atoms with Crippen molar-refractivity contribution in [3.8, 4) is 5.75 Å². The average Bonchev–Trinajstić information content (AvgIpc) is 3.00. The molecule has 0 atom stereocenters. The van der Waals surface area contributed by atoms with Crippen LogP contribution in [-0.2, 0) is 4.79 Å². The number of methoxy groups -OCH3 is 1. The van der Waals surface area contributed by atoms with Gasteiger partial charge in [-0.15, -0.1) is 0 Å². The molecule has 122 valence electrons. The number of hydrogen-bond acceptors (Lipinski definition) is 4. The fourth-order valence-corrected chi connectivity index (χ4v) is 2.35. The Hall–Kier alpha value is -3.29. The van der Waals surface area contributed by atoms with Gasteiger partial charge < -0.3 is 15.0 Å². The number of rotatable bonds is 5. The Morgan fingerprint density at radius 3 is 2.88 bits per heavy atom. The molecule has 0 unspecified atom stereocenters. The summed E-state index contributed by atoms with van der Waals surface area (Å²) in [4.78, 5) is 29.9. The van der Waals surface area contributed by atoms with Crippen LogP contribution in [0.4, 0.5) is 14.5 Å². The molecular formula is C16H11F2N3O3. The summed E-state index contributed by atoms with van der Waals surface area (Å²) in [5.41, 5.74) is -0.629. The Morgan fingerprint density at radius 1 is 1.38 bits per heavy atom. The molecule has 3 rings (SSSR count). The molecule has 0 aliphatic carbocycles. The van der Waals surface area contributed by atoms with Crippen LogP contribution in [0.2, 0.25) is 0 Å². The minimum absolute atomic E-state index is 0.0393. The summed E-state index contributed by atoms with van der Waals surface area (Å²) in [6.07, 6.45) is 3.01. The second-order valence-electron chi connectivity index (χ2n) is 4.85. The van der Waals surface area contributed by atoms with Crippen molar-refractivity contribution in [3.63, 3.8) is 0 Å². The standard InChI is InChI=1S/C16H11F2N3O3/c1-24-8-4-9-10(6-20-16(9)19-5-8)15(23)13-11(17)2-3-12(14(13)18)21-7-22/h2-7H,1H3,(H,19,20)(H,21,22). The third-order valence-corrected chi connectivity index (χ3v) is 3.52. The van der Waals surface area contributed by atoms with Gasteiger partial charge in [0.1, 0.15) is 17.2 Å². The van der Waals surface area contributed by atoms with Crippen LogP contribution < -0.4 is 10.1 Å². The Morgan fingerprint density at radius 2 is 2.17 bits per heavy atom. The van der Waals surface area contributed by atoms with Gasteiger partial charge in [-0.1, -0.05) is 0 Å². The number of ether oxygens (including phenoxy) is 1. The summed E-state index contributed by atoms with van der Waals surface area (Å²) in [7, 11) is 1.44. The second-order valence-corrected chi connectivity index (χ2v) is 4.85. The zero-order chi connectivity index (χ0) is 17.3. The van der Waals surface area contributed by atoms with Crippen molar-refractivity contribution in [2.75, 3.05) is 12.4 Å². The molecule has 1 amide bonds. The summed E-state index contributed by atoms with van der Waals surface area (Å²) in [6, 6.07) is 3.49. The van der Waals surface area contributed by atoms with Crippen molar-refractivity contribution in [1.29, 1.82) is 0 Å². The van der Waals surface area contributed by atoms with E-state index >= 15 is 0 Å². The molecule has 24 heavy (non-hydrogen) atoms. The smallest absolute Gasteiger partial charge is 0.211 e. The highest BCUT2D eigenvalue weighted by Crippen LogP contribution is 2.28. The highest BCUT2D eigenvalue weighted by atomic mass is 19.1. The lowest BCUT2D eigenvalue weighted by atomic mass is 10.0. The van der Waals surface area contributed by atoms with Crippen LogP contribution in [0.1, 0.15) is 15.9 Å². The zero-order valence-electron chi connectivity index (χ0n) is 12.4. The molecule has 0 radical (unpaired) electrons. The number of hydrogen-bond donors (Lipinski definition) is 2. The molecule has 0 spiro atoms. The van der Waals surface area contributed by atoms with E-state index in [4.69, 9.17) is 4.74 Å². The molecule has 0 fully saturated rings. The summed E-state index contributed by atoms with van der Waals surface area (Å²) < 4.78 is 33.5. The maximum Gasteiger partial charge on any atom is 0.211 e. The quantitative estimate of drug-likeness (QED) is 0.556. The number of aromatic nitrogens is 2. The number of ketones is 1. The first-order valence-electron chi connectivity index (χ1n) is 6.80. The molecule has 3 aromatic rings. The highest BCUT2D eigenvalue weighted by Gasteiger charge is 2.24. The van der Waals surface area contributed by atoms with Gasteiger partial charge in [0.15, 0.2) is 5.82 Å². The van der Waals surface area contributed by atoms with E-state index in [-0.39, 0.29) is 17.7 Å². The maximum atomic E-state index is 14.4. The third kappa shape index (κ3) is 2.47. The van der Waals surface area contributed by atoms with Crippen LogP contribution in [0, 0.1) is 11.6 Å². The second kappa shape index (κ2) is 6.07. The van der Waals surface area contributed by atoms with Gasteiger partial charge in [0, 0.05) is 17.1 Å². The van der Waals surface area contributed by atoms with Gasteiger partial charge >= 0.3 is 0 Å². The van der Waals surface area contributed by atoms with Gasteiger partial charge in [-0.2, -0.15) is 0 Å². The molecule has 8 heteroatoms. The number of carbonyl (C=O) groups excluding carboxylic acids is 2. The van der Waals surface area contributed by atoms with Crippen molar-refractivity contribution in [2.24, 2.45) is 0 Å². The number of halogens is 2. The first-order chi connectivity index (χ1) is 11.6. The van der Waals surface area contributed by atoms with Crippen LogP contribution in [-0.4, -0.2) is 29.3 Å². The van der Waals surface area contributed by atoms with Gasteiger partial charge in [-0.25, -0.2) is 13.8 Å². The SMILES string of the molecule is COc1cnc2[nH]cc(C(=O)c3c(F)ccc(NC=O)c3F)c2c1. The predicted molar refractivity (Wildman–Crippen MR) is 82.1 cm³/mol. The van der Waals surface area contributed by atoms with E-state index in [2.05, 4.69) is 15.3 Å². The molecule has 2 aromatic heterocycles. The number of nitrogens with one attached hydrogen (secondary N) is 2. The van der Waals surface area contributed by atoms with Crippen molar-refractivity contribution in [3.05, 3.63) is 53.4 Å². The van der Waals surface area contributed by atoms with Crippen LogP contribution >= 0.6 is 0 Å². The summed E-state index contributed by atoms with van der Waals surface area (Å²) >= 11 is 0. The number of pyridine rings is 1. The number of anilines is 1. The van der Waals surface area contributed by atoms with Crippen molar-refractivity contribution in [2.45, 2.75) is 0 Å². The molecule has 2 N–H and O–H groups in total. The van der Waals surface area contributed by atoms with Gasteiger partial charge in [0.2, 0.25) is 12.2 Å². The topological polar surface area (TPSA) is 84.1 Å². The molecule has 6 nitrogen and oxygen atoms in total. The van der Waals surface area contributed by atoms with Gasteiger partial charge in [-0.3, -0.25) is 9.59 Å². The first-order valence-corrected chi connectivity index (χ1v) is 6.80. The Kier molecular flexibility index (Phi) is 3.95. The fraction of sp³-hybridized carbons (Fsp3) is 0.0625. The number of carbonyl (C=O) groups is 2. The molecule has 1 aromatic carbocycles. The number of H-pyrrole nitrogens is 1. The van der Waals surface area contributed by atoms with E-state index in [9.17, 15) is 18.4 Å². The number of aromatic amines is 1. The lowest BCUT2D eigenvalue weighted by Gasteiger charge is -2.08. The minimum atomic E-state index is -1.14. The van der Waals surface area contributed by atoms with E-state index in [1.165, 1.54) is 25.6 Å². The normalized spacial score (nSPS) is 10.6. The Bertz CT molecular complexity index is 953. The minimum Gasteiger partial charge on any atom is -0.495 e. The van der Waals surface area contributed by atoms with E-state index in [0.717, 1.165) is 12.1 Å². The number of nitrogens with zero attached hydrogens (tertiary/aromatic N) is 1. The third-order valence-electron chi connectivity index (χ3n) is 3.52. The van der Waals surface area contributed by atoms with Crippen molar-refractivity contribution >= 4 is 28.9 Å². The van der Waals surface area contributed by atoms with Crippen molar-refractivity contribution in [1.82, 2.24) is 9.97 Å². The molecular weight excluding hydrogens is 320 g/mol. The van der Waals surface area contributed by atoms with E-state index in [0.29, 0.717) is 16.8 Å². The summed E-state index contributed by atoms with van der Waals surface area (Å²) in [5.74, 6) is -2.65. The van der Waals surface area contributed by atoms with E-state index in [1.54, 1.807) is 0 Å². The van der Waals surface area contributed by atoms with Crippen LogP contribution in [0.25, 0.3) is 11.0 Å². The number of benzene rings is 1. The van der Waals surface area contributed by atoms with E-state index in [1.807, 2.05) is 0 Å². The van der Waals surface area contributed by atoms with E-state index < -0.39 is 23.0 Å². The molecule has 0 bridgehead atoms. The van der Waals surface area contributed by atoms with Gasteiger partial charge in [0.05, 0.1) is 24.6 Å². The Balaban J connectivity index is 2.16. The summed E-state index contributed by atoms with van der Waals surface area (Å²) in [6.45, 7) is 0. The van der Waals surface area contributed by atoms with Crippen molar-refractivity contribution < 1.29 is 23.1 Å². The first kappa shape index (κ1) is 15.6. The van der Waals surface area contributed by atoms with Crippen LogP contribution in [0.3, 0.4) is 0 Å². The largest absolute Gasteiger partial charge is 0.495 e. The van der Waals surface area contributed by atoms with Crippen LogP contribution in [0.15, 0.2) is 30.6 Å².